The fourth-order valence-electron chi connectivity index (χ4n) is 3.54. The van der Waals surface area contributed by atoms with E-state index >= 15 is 0 Å². The first kappa shape index (κ1) is 22.3. The zero-order chi connectivity index (χ0) is 22.7. The van der Waals surface area contributed by atoms with E-state index in [1.54, 1.807) is 30.3 Å². The summed E-state index contributed by atoms with van der Waals surface area (Å²) in [7, 11) is -3.88. The number of nitrogens with zero attached hydrogens (tertiary/aromatic N) is 4. The van der Waals surface area contributed by atoms with E-state index in [2.05, 4.69) is 10.2 Å². The van der Waals surface area contributed by atoms with Crippen molar-refractivity contribution in [1.29, 1.82) is 0 Å². The number of hydrogen-bond acceptors (Lipinski definition) is 5. The van der Waals surface area contributed by atoms with Crippen molar-refractivity contribution in [2.75, 3.05) is 17.4 Å². The first-order valence-electron chi connectivity index (χ1n) is 10.1. The minimum absolute atomic E-state index is 0.117. The lowest BCUT2D eigenvalue weighted by molar-refractivity contribution is 0.116. The molecule has 1 aromatic heterocycles. The molecule has 1 aliphatic rings. The van der Waals surface area contributed by atoms with Crippen LogP contribution in [0.25, 0.3) is 11.5 Å². The molecule has 7 nitrogen and oxygen atoms in total. The van der Waals surface area contributed by atoms with Gasteiger partial charge >= 0.3 is 16.6 Å². The summed E-state index contributed by atoms with van der Waals surface area (Å²) in [6.45, 7) is 0.592. The molecule has 0 amide bonds. The first-order valence-corrected chi connectivity index (χ1v) is 11.5. The number of anilines is 1. The maximum atomic E-state index is 14.9. The molecule has 170 valence electrons. The predicted octanol–water partition coefficient (Wildman–Crippen LogP) is 4.55. The lowest BCUT2D eigenvalue weighted by Gasteiger charge is -2.33. The van der Waals surface area contributed by atoms with Crippen LogP contribution in [0.15, 0.2) is 52.9 Å². The van der Waals surface area contributed by atoms with Gasteiger partial charge in [-0.1, -0.05) is 30.7 Å². The molecule has 3 aromatic rings. The van der Waals surface area contributed by atoms with Gasteiger partial charge in [-0.25, -0.2) is 4.39 Å². The maximum absolute atomic E-state index is 14.9. The van der Waals surface area contributed by atoms with Crippen molar-refractivity contribution in [1.82, 2.24) is 14.5 Å². The highest BCUT2D eigenvalue weighted by molar-refractivity contribution is 7.90. The first-order chi connectivity index (χ1) is 15.4. The van der Waals surface area contributed by atoms with E-state index in [1.807, 2.05) is 0 Å². The topological polar surface area (TPSA) is 79.5 Å². The summed E-state index contributed by atoms with van der Waals surface area (Å²) in [6, 6.07) is 12.4. The van der Waals surface area contributed by atoms with Crippen molar-refractivity contribution in [3.8, 4) is 11.5 Å². The van der Waals surface area contributed by atoms with Crippen LogP contribution >= 0.6 is 0 Å². The van der Waals surface area contributed by atoms with Crippen LogP contribution in [-0.4, -0.2) is 36.0 Å². The molecule has 2 aromatic carbocycles. The van der Waals surface area contributed by atoms with E-state index < -0.39 is 28.3 Å². The lowest BCUT2D eigenvalue weighted by Crippen LogP contribution is -2.46. The molecule has 0 saturated carbocycles. The Morgan fingerprint density at radius 1 is 1.03 bits per heavy atom. The fraction of sp³-hybridized carbons (Fsp3) is 0.333. The second-order valence-corrected chi connectivity index (χ2v) is 9.21. The van der Waals surface area contributed by atoms with Crippen LogP contribution in [0.4, 0.5) is 18.9 Å². The standard InChI is InChI=1S/C21H21F3N4O3S/c22-18-13-15(20-25-26-21(31-20)19(23)24)9-10-16(18)14-28(17-7-3-1-4-8-17)32(29,30)27-11-5-2-6-12-27/h1,3-4,7-10,13,19H,2,5-6,11-12,14H2. The molecule has 1 fully saturated rings. The maximum Gasteiger partial charge on any atom is 0.314 e. The highest BCUT2D eigenvalue weighted by atomic mass is 32.2. The normalized spacial score (nSPS) is 15.2. The Kier molecular flexibility index (Phi) is 6.47. The second-order valence-electron chi connectivity index (χ2n) is 7.36. The van der Waals surface area contributed by atoms with E-state index in [1.165, 1.54) is 20.7 Å². The van der Waals surface area contributed by atoms with Gasteiger partial charge in [-0.2, -0.15) is 21.5 Å². The van der Waals surface area contributed by atoms with Gasteiger partial charge in [0.15, 0.2) is 0 Å². The van der Waals surface area contributed by atoms with Crippen LogP contribution in [0.2, 0.25) is 0 Å². The van der Waals surface area contributed by atoms with Crippen molar-refractivity contribution >= 4 is 15.9 Å². The zero-order valence-electron chi connectivity index (χ0n) is 17.0. The van der Waals surface area contributed by atoms with Crippen molar-refractivity contribution in [2.24, 2.45) is 0 Å². The minimum Gasteiger partial charge on any atom is -0.415 e. The monoisotopic (exact) mass is 466 g/mol. The molecular formula is C21H21F3N4O3S. The van der Waals surface area contributed by atoms with Gasteiger partial charge in [0, 0.05) is 24.2 Å². The van der Waals surface area contributed by atoms with E-state index in [4.69, 9.17) is 4.42 Å². The van der Waals surface area contributed by atoms with Crippen LogP contribution in [0.1, 0.15) is 37.1 Å². The number of rotatable bonds is 7. The Morgan fingerprint density at radius 2 is 1.75 bits per heavy atom. The highest BCUT2D eigenvalue weighted by Crippen LogP contribution is 2.28. The third-order valence-corrected chi connectivity index (χ3v) is 7.12. The summed E-state index contributed by atoms with van der Waals surface area (Å²) in [4.78, 5) is 0. The smallest absolute Gasteiger partial charge is 0.314 e. The van der Waals surface area contributed by atoms with Gasteiger partial charge < -0.3 is 4.42 Å². The Balaban J connectivity index is 1.65. The molecule has 32 heavy (non-hydrogen) atoms. The largest absolute Gasteiger partial charge is 0.415 e. The third-order valence-electron chi connectivity index (χ3n) is 5.21. The van der Waals surface area contributed by atoms with Gasteiger partial charge in [0.25, 0.3) is 5.89 Å². The van der Waals surface area contributed by atoms with E-state index in [-0.39, 0.29) is 23.6 Å². The Labute approximate surface area is 183 Å². The van der Waals surface area contributed by atoms with Gasteiger partial charge in [-0.05, 0) is 37.1 Å². The summed E-state index contributed by atoms with van der Waals surface area (Å²) in [5.41, 5.74) is 0.655. The van der Waals surface area contributed by atoms with Crippen LogP contribution in [0.5, 0.6) is 0 Å². The number of alkyl halides is 2. The summed E-state index contributed by atoms with van der Waals surface area (Å²) >= 11 is 0. The molecular weight excluding hydrogens is 445 g/mol. The average Bonchev–Trinajstić information content (AvgIpc) is 3.30. The number of piperidine rings is 1. The molecule has 0 radical (unpaired) electrons. The van der Waals surface area contributed by atoms with Gasteiger partial charge in [0.05, 0.1) is 12.2 Å². The summed E-state index contributed by atoms with van der Waals surface area (Å²) in [5.74, 6) is -1.81. The number of benzene rings is 2. The number of para-hydroxylation sites is 1. The molecule has 2 heterocycles. The predicted molar refractivity (Wildman–Crippen MR) is 112 cm³/mol. The SMILES string of the molecule is O=S(=O)(N1CCCCC1)N(Cc1ccc(-c2nnc(C(F)F)o2)cc1F)c1ccccc1. The van der Waals surface area contributed by atoms with Crippen LogP contribution in [0.3, 0.4) is 0 Å². The fourth-order valence-corrected chi connectivity index (χ4v) is 5.23. The minimum atomic E-state index is -3.88. The molecule has 0 N–H and O–H groups in total. The van der Waals surface area contributed by atoms with Crippen molar-refractivity contribution < 1.29 is 26.0 Å². The second kappa shape index (κ2) is 9.29. The van der Waals surface area contributed by atoms with Gasteiger partial charge in [0.1, 0.15) is 5.82 Å². The van der Waals surface area contributed by atoms with Crippen molar-refractivity contribution in [3.63, 3.8) is 0 Å². The Hall–Kier alpha value is -2.92. The molecule has 0 bridgehead atoms. The van der Waals surface area contributed by atoms with Crippen molar-refractivity contribution in [3.05, 3.63) is 65.8 Å². The molecule has 1 aliphatic heterocycles. The quantitative estimate of drug-likeness (QED) is 0.510. The van der Waals surface area contributed by atoms with E-state index in [0.29, 0.717) is 18.8 Å². The van der Waals surface area contributed by atoms with Gasteiger partial charge in [-0.3, -0.25) is 4.31 Å². The van der Waals surface area contributed by atoms with E-state index in [0.717, 1.165) is 25.3 Å². The number of hydrogen-bond donors (Lipinski definition) is 0. The lowest BCUT2D eigenvalue weighted by atomic mass is 10.1. The van der Waals surface area contributed by atoms with Crippen LogP contribution < -0.4 is 4.31 Å². The Bertz CT molecular complexity index is 1170. The Morgan fingerprint density at radius 3 is 2.38 bits per heavy atom. The number of halogens is 3. The summed E-state index contributed by atoms with van der Waals surface area (Å²) in [6.07, 6.45) is -0.415. The molecule has 11 heteroatoms. The molecule has 1 saturated heterocycles. The molecule has 0 aliphatic carbocycles. The van der Waals surface area contributed by atoms with E-state index in [9.17, 15) is 21.6 Å². The van der Waals surface area contributed by atoms with Crippen molar-refractivity contribution in [2.45, 2.75) is 32.2 Å². The summed E-state index contributed by atoms with van der Waals surface area (Å²) in [5, 5.41) is 6.75. The third kappa shape index (κ3) is 4.63. The molecule has 0 atom stereocenters. The molecule has 4 rings (SSSR count). The summed E-state index contributed by atoms with van der Waals surface area (Å²) < 4.78 is 74.5. The molecule has 0 spiro atoms. The highest BCUT2D eigenvalue weighted by Gasteiger charge is 2.31. The average molecular weight is 466 g/mol. The van der Waals surface area contributed by atoms with Gasteiger partial charge in [0.2, 0.25) is 5.89 Å². The van der Waals surface area contributed by atoms with Crippen LogP contribution in [0, 0.1) is 5.82 Å². The van der Waals surface area contributed by atoms with Gasteiger partial charge in [-0.15, -0.1) is 10.2 Å². The van der Waals surface area contributed by atoms with Crippen LogP contribution in [-0.2, 0) is 16.8 Å². The number of aromatic nitrogens is 2. The molecule has 0 unspecified atom stereocenters. The zero-order valence-corrected chi connectivity index (χ0v) is 17.8.